The van der Waals surface area contributed by atoms with E-state index in [1.165, 1.54) is 99.3 Å². The van der Waals surface area contributed by atoms with Gasteiger partial charge in [0.15, 0.2) is 0 Å². The quantitative estimate of drug-likeness (QED) is 0.160. The van der Waals surface area contributed by atoms with Crippen molar-refractivity contribution in [2.45, 2.75) is 5.41 Å². The molecule has 2 aliphatic rings. The van der Waals surface area contributed by atoms with Crippen molar-refractivity contribution in [1.29, 1.82) is 0 Å². The van der Waals surface area contributed by atoms with E-state index in [1.54, 1.807) is 0 Å². The fraction of sp³-hybridized carbons (Fsp3) is 0.0152. The Bertz CT molecular complexity index is 3860. The van der Waals surface area contributed by atoms with Gasteiger partial charge in [0.1, 0.15) is 0 Å². The normalized spacial score (nSPS) is 13.1. The van der Waals surface area contributed by atoms with E-state index >= 15 is 0 Å². The van der Waals surface area contributed by atoms with Crippen LogP contribution in [-0.2, 0) is 5.41 Å². The molecular weight excluding hydrogens is 821 g/mol. The molecule has 14 rings (SSSR count). The number of para-hydroxylation sites is 3. The minimum absolute atomic E-state index is 0.488. The second-order valence-electron chi connectivity index (χ2n) is 18.2. The molecule has 0 bridgehead atoms. The number of hydrogen-bond acceptors (Lipinski definition) is 2. The molecule has 1 spiro atoms. The summed E-state index contributed by atoms with van der Waals surface area (Å²) in [5, 5.41) is 7.33. The van der Waals surface area contributed by atoms with Gasteiger partial charge >= 0.3 is 0 Å². The molecule has 1 aliphatic heterocycles. The molecule has 11 aromatic carbocycles. The third-order valence-corrected chi connectivity index (χ3v) is 14.7. The Kier molecular flexibility index (Phi) is 8.53. The van der Waals surface area contributed by atoms with Crippen LogP contribution in [0.2, 0.25) is 0 Å². The van der Waals surface area contributed by atoms with Crippen LogP contribution in [-0.4, -0.2) is 4.98 Å². The number of nitrogens with zero attached hydrogens (tertiary/aromatic N) is 2. The summed E-state index contributed by atoms with van der Waals surface area (Å²) in [6, 6.07) is 91.4. The van der Waals surface area contributed by atoms with Crippen LogP contribution in [0.4, 0.5) is 17.1 Å². The highest BCUT2D eigenvalue weighted by Crippen LogP contribution is 2.63. The maximum atomic E-state index is 5.31. The molecule has 2 heteroatoms. The first-order chi connectivity index (χ1) is 33.7. The van der Waals surface area contributed by atoms with Crippen molar-refractivity contribution in [1.82, 2.24) is 4.98 Å². The Morgan fingerprint density at radius 2 is 0.809 bits per heavy atom. The molecule has 0 saturated heterocycles. The molecule has 12 aromatic rings. The molecule has 1 aromatic heterocycles. The Balaban J connectivity index is 0.871. The third kappa shape index (κ3) is 5.61. The molecule has 1 aliphatic carbocycles. The van der Waals surface area contributed by atoms with Crippen LogP contribution in [0.5, 0.6) is 0 Å². The molecule has 0 radical (unpaired) electrons. The van der Waals surface area contributed by atoms with Gasteiger partial charge in [-0.2, -0.15) is 0 Å². The van der Waals surface area contributed by atoms with Crippen LogP contribution < -0.4 is 4.90 Å². The second kappa shape index (κ2) is 15.1. The lowest BCUT2D eigenvalue weighted by molar-refractivity contribution is 0.753. The SMILES string of the molecule is c1ccc(N2c3ccccc3C3(c4ccccc4-c4cc(-c5ccc(-c6c7ccccc7c(-c7ccc(-c8ccc9ccccc9c8)cc7)c7ccccc67)nc5)ccc43)c3ccccc32)cc1. The van der Waals surface area contributed by atoms with Gasteiger partial charge in [-0.1, -0.05) is 206 Å². The van der Waals surface area contributed by atoms with Crippen molar-refractivity contribution in [2.75, 3.05) is 4.90 Å². The van der Waals surface area contributed by atoms with Crippen LogP contribution in [0.3, 0.4) is 0 Å². The van der Waals surface area contributed by atoms with Crippen LogP contribution in [0.25, 0.3) is 88.1 Å². The smallest absolute Gasteiger partial charge is 0.0754 e. The highest BCUT2D eigenvalue weighted by atomic mass is 15.2. The van der Waals surface area contributed by atoms with E-state index in [0.29, 0.717) is 0 Å². The van der Waals surface area contributed by atoms with E-state index in [2.05, 4.69) is 260 Å². The molecule has 2 nitrogen and oxygen atoms in total. The van der Waals surface area contributed by atoms with Gasteiger partial charge in [0.25, 0.3) is 0 Å². The van der Waals surface area contributed by atoms with Crippen LogP contribution >= 0.6 is 0 Å². The van der Waals surface area contributed by atoms with Gasteiger partial charge in [-0.05, 0) is 136 Å². The summed E-state index contributed by atoms with van der Waals surface area (Å²) >= 11 is 0. The number of rotatable bonds is 5. The molecule has 2 heterocycles. The average molecular weight is 863 g/mol. The summed E-state index contributed by atoms with van der Waals surface area (Å²) in [6.45, 7) is 0. The molecule has 0 saturated carbocycles. The Morgan fingerprint density at radius 1 is 0.309 bits per heavy atom. The van der Waals surface area contributed by atoms with Crippen molar-refractivity contribution in [3.05, 3.63) is 277 Å². The molecule has 0 amide bonds. The highest BCUT2D eigenvalue weighted by molar-refractivity contribution is 6.21. The molecule has 316 valence electrons. The maximum absolute atomic E-state index is 5.31. The van der Waals surface area contributed by atoms with Crippen molar-refractivity contribution < 1.29 is 0 Å². The Hall–Kier alpha value is -8.85. The first kappa shape index (κ1) is 38.4. The van der Waals surface area contributed by atoms with E-state index < -0.39 is 5.41 Å². The number of hydrogen-bond donors (Lipinski definition) is 0. The number of anilines is 3. The number of benzene rings is 11. The van der Waals surface area contributed by atoms with E-state index in [9.17, 15) is 0 Å². The summed E-state index contributed by atoms with van der Waals surface area (Å²) in [5.74, 6) is 0. The molecule has 0 unspecified atom stereocenters. The first-order valence-electron chi connectivity index (χ1n) is 23.5. The standard InChI is InChI=1S/C66H42N2/c1-2-18-50(19-3-1)68-62-28-14-12-26-59(62)66(60-27-13-15-29-63(60)68)57-25-11-10-20-51(57)56-41-48(36-38-58(56)66)49-37-39-61(67-42-49)65-54-23-8-6-21-52(54)64(53-22-7-9-24-55(53)65)45-33-30-44(31-34-45)47-35-32-43-16-4-5-17-46(43)40-47/h1-42H. The van der Waals surface area contributed by atoms with Gasteiger partial charge in [-0.15, -0.1) is 0 Å². The minimum Gasteiger partial charge on any atom is -0.310 e. The number of aromatic nitrogens is 1. The van der Waals surface area contributed by atoms with E-state index in [4.69, 9.17) is 4.98 Å². The maximum Gasteiger partial charge on any atom is 0.0754 e. The lowest BCUT2D eigenvalue weighted by Gasteiger charge is -2.45. The van der Waals surface area contributed by atoms with E-state index in [-0.39, 0.29) is 0 Å². The fourth-order valence-corrected chi connectivity index (χ4v) is 11.8. The summed E-state index contributed by atoms with van der Waals surface area (Å²) in [6.07, 6.45) is 2.07. The molecular formula is C66H42N2. The number of pyridine rings is 1. The van der Waals surface area contributed by atoms with Gasteiger partial charge in [-0.25, -0.2) is 0 Å². The lowest BCUT2D eigenvalue weighted by Crippen LogP contribution is -2.36. The summed E-state index contributed by atoms with van der Waals surface area (Å²) in [7, 11) is 0. The van der Waals surface area contributed by atoms with Crippen molar-refractivity contribution in [3.8, 4) is 55.8 Å². The van der Waals surface area contributed by atoms with Gasteiger partial charge in [0, 0.05) is 23.0 Å². The van der Waals surface area contributed by atoms with Gasteiger partial charge in [0.2, 0.25) is 0 Å². The Labute approximate surface area is 395 Å². The third-order valence-electron chi connectivity index (χ3n) is 14.7. The van der Waals surface area contributed by atoms with Gasteiger partial charge in [0.05, 0.1) is 22.5 Å². The number of fused-ring (bicyclic) bond motifs is 12. The molecule has 68 heavy (non-hydrogen) atoms. The largest absolute Gasteiger partial charge is 0.310 e. The van der Waals surface area contributed by atoms with Crippen LogP contribution in [0.15, 0.2) is 255 Å². The average Bonchev–Trinajstić information content (AvgIpc) is 3.70. The summed E-state index contributed by atoms with van der Waals surface area (Å²) < 4.78 is 0. The minimum atomic E-state index is -0.488. The zero-order chi connectivity index (χ0) is 44.8. The zero-order valence-corrected chi connectivity index (χ0v) is 37.1. The fourth-order valence-electron chi connectivity index (χ4n) is 11.8. The molecule has 0 atom stereocenters. The first-order valence-corrected chi connectivity index (χ1v) is 23.5. The monoisotopic (exact) mass is 862 g/mol. The predicted molar refractivity (Wildman–Crippen MR) is 284 cm³/mol. The molecule has 0 N–H and O–H groups in total. The van der Waals surface area contributed by atoms with E-state index in [0.717, 1.165) is 28.1 Å². The van der Waals surface area contributed by atoms with Crippen molar-refractivity contribution in [3.63, 3.8) is 0 Å². The summed E-state index contributed by atoms with van der Waals surface area (Å²) in [4.78, 5) is 7.74. The topological polar surface area (TPSA) is 16.1 Å². The van der Waals surface area contributed by atoms with E-state index in [1.807, 2.05) is 0 Å². The predicted octanol–water partition coefficient (Wildman–Crippen LogP) is 17.4. The molecule has 0 fully saturated rings. The van der Waals surface area contributed by atoms with Crippen LogP contribution in [0.1, 0.15) is 22.3 Å². The second-order valence-corrected chi connectivity index (χ2v) is 18.2. The van der Waals surface area contributed by atoms with Gasteiger partial charge < -0.3 is 4.90 Å². The van der Waals surface area contributed by atoms with Crippen molar-refractivity contribution in [2.24, 2.45) is 0 Å². The van der Waals surface area contributed by atoms with Crippen molar-refractivity contribution >= 4 is 49.4 Å². The summed E-state index contributed by atoms with van der Waals surface area (Å²) in [5.41, 5.74) is 20.0. The lowest BCUT2D eigenvalue weighted by atomic mass is 9.64. The van der Waals surface area contributed by atoms with Gasteiger partial charge in [-0.3, -0.25) is 4.98 Å². The van der Waals surface area contributed by atoms with Crippen LogP contribution in [0, 0.1) is 0 Å². The highest BCUT2D eigenvalue weighted by Gasteiger charge is 2.51. The Morgan fingerprint density at radius 3 is 1.49 bits per heavy atom. The zero-order valence-electron chi connectivity index (χ0n) is 37.1.